The zero-order valence-corrected chi connectivity index (χ0v) is 11.7. The second kappa shape index (κ2) is 7.13. The van der Waals surface area contributed by atoms with Crippen LogP contribution in [0.4, 0.5) is 8.78 Å². The van der Waals surface area contributed by atoms with Gasteiger partial charge in [-0.2, -0.15) is 0 Å². The van der Waals surface area contributed by atoms with Gasteiger partial charge in [-0.3, -0.25) is 9.59 Å². The summed E-state index contributed by atoms with van der Waals surface area (Å²) in [6.45, 7) is -0.248. The lowest BCUT2D eigenvalue weighted by Gasteiger charge is -2.13. The molecule has 0 spiro atoms. The van der Waals surface area contributed by atoms with E-state index in [2.05, 4.69) is 10.6 Å². The van der Waals surface area contributed by atoms with Gasteiger partial charge >= 0.3 is 0 Å². The highest BCUT2D eigenvalue weighted by Crippen LogP contribution is 2.16. The number of carbonyl (C=O) groups excluding carboxylic acids is 2. The lowest BCUT2D eigenvalue weighted by Crippen LogP contribution is -2.41. The summed E-state index contributed by atoms with van der Waals surface area (Å²) in [6, 6.07) is 2.58. The van der Waals surface area contributed by atoms with Crippen LogP contribution < -0.4 is 10.6 Å². The zero-order chi connectivity index (χ0) is 16.1. The van der Waals surface area contributed by atoms with Gasteiger partial charge in [-0.25, -0.2) is 8.78 Å². The average Bonchev–Trinajstić information content (AvgIpc) is 2.95. The van der Waals surface area contributed by atoms with Crippen LogP contribution in [0.5, 0.6) is 0 Å². The van der Waals surface area contributed by atoms with E-state index in [1.165, 1.54) is 0 Å². The summed E-state index contributed by atoms with van der Waals surface area (Å²) < 4.78 is 25.8. The molecule has 1 aromatic carbocycles. The standard InChI is InChI=1S/C15H16F2N2O3/c16-12-4-2-10(6-13(12)17)15(22)18-7-14(21)19-11-3-1-9(5-11)8-20/h1-4,6,9,11,20H,5,7-8H2,(H,18,22)(H,19,21)/t9-,11+/m0/s1. The topological polar surface area (TPSA) is 78.4 Å². The molecule has 0 fully saturated rings. The summed E-state index contributed by atoms with van der Waals surface area (Å²) in [5.41, 5.74) is -0.0622. The van der Waals surface area contributed by atoms with Crippen LogP contribution in [0.2, 0.25) is 0 Å². The number of amides is 2. The molecule has 2 rings (SSSR count). The third kappa shape index (κ3) is 4.11. The maximum absolute atomic E-state index is 13.0. The van der Waals surface area contributed by atoms with E-state index in [-0.39, 0.29) is 30.7 Å². The first-order valence-corrected chi connectivity index (χ1v) is 6.81. The molecule has 0 saturated carbocycles. The summed E-state index contributed by atoms with van der Waals surface area (Å²) in [7, 11) is 0. The van der Waals surface area contributed by atoms with Crippen molar-refractivity contribution in [1.82, 2.24) is 10.6 Å². The zero-order valence-electron chi connectivity index (χ0n) is 11.7. The maximum Gasteiger partial charge on any atom is 0.251 e. The van der Waals surface area contributed by atoms with E-state index in [0.717, 1.165) is 18.2 Å². The summed E-state index contributed by atoms with van der Waals surface area (Å²) in [5, 5.41) is 14.0. The highest BCUT2D eigenvalue weighted by Gasteiger charge is 2.20. The van der Waals surface area contributed by atoms with Crippen molar-refractivity contribution in [2.24, 2.45) is 5.92 Å². The van der Waals surface area contributed by atoms with Crippen molar-refractivity contribution >= 4 is 11.8 Å². The number of hydrogen-bond donors (Lipinski definition) is 3. The number of aliphatic hydroxyl groups is 1. The molecule has 0 heterocycles. The van der Waals surface area contributed by atoms with Crippen LogP contribution in [-0.4, -0.2) is 36.1 Å². The number of carbonyl (C=O) groups is 2. The largest absolute Gasteiger partial charge is 0.396 e. The van der Waals surface area contributed by atoms with Crippen molar-refractivity contribution in [3.05, 3.63) is 47.5 Å². The van der Waals surface area contributed by atoms with E-state index in [4.69, 9.17) is 5.11 Å². The highest BCUT2D eigenvalue weighted by molar-refractivity contribution is 5.96. The smallest absolute Gasteiger partial charge is 0.251 e. The molecule has 118 valence electrons. The van der Waals surface area contributed by atoms with Gasteiger partial charge in [-0.15, -0.1) is 0 Å². The van der Waals surface area contributed by atoms with E-state index in [9.17, 15) is 18.4 Å². The van der Waals surface area contributed by atoms with Gasteiger partial charge < -0.3 is 15.7 Å². The number of aliphatic hydroxyl groups excluding tert-OH is 1. The second-order valence-corrected chi connectivity index (χ2v) is 5.05. The SMILES string of the molecule is O=C(CNC(=O)c1ccc(F)c(F)c1)N[C@@H]1C=C[C@H](CO)C1. The molecule has 7 heteroatoms. The molecular weight excluding hydrogens is 294 g/mol. The number of halogens is 2. The molecule has 0 aliphatic heterocycles. The lowest BCUT2D eigenvalue weighted by atomic mass is 10.1. The first kappa shape index (κ1) is 16.1. The van der Waals surface area contributed by atoms with Crippen LogP contribution >= 0.6 is 0 Å². The fourth-order valence-corrected chi connectivity index (χ4v) is 2.17. The predicted octanol–water partition coefficient (Wildman–Crippen LogP) is 0.748. The van der Waals surface area contributed by atoms with E-state index in [0.29, 0.717) is 6.42 Å². The number of benzene rings is 1. The molecule has 0 radical (unpaired) electrons. The molecule has 2 atom stereocenters. The summed E-state index contributed by atoms with van der Waals surface area (Å²) >= 11 is 0. The van der Waals surface area contributed by atoms with Crippen molar-refractivity contribution in [2.75, 3.05) is 13.2 Å². The second-order valence-electron chi connectivity index (χ2n) is 5.05. The first-order chi connectivity index (χ1) is 10.5. The molecule has 2 amide bonds. The van der Waals surface area contributed by atoms with Crippen LogP contribution in [0.3, 0.4) is 0 Å². The van der Waals surface area contributed by atoms with Gasteiger partial charge in [0, 0.05) is 24.1 Å². The van der Waals surface area contributed by atoms with E-state index in [1.54, 1.807) is 6.08 Å². The predicted molar refractivity (Wildman–Crippen MR) is 75.0 cm³/mol. The Bertz CT molecular complexity index is 604. The Kier molecular flexibility index (Phi) is 5.21. The quantitative estimate of drug-likeness (QED) is 0.702. The molecule has 5 nitrogen and oxygen atoms in total. The van der Waals surface area contributed by atoms with Crippen LogP contribution in [0.15, 0.2) is 30.4 Å². The average molecular weight is 310 g/mol. The van der Waals surface area contributed by atoms with Crippen molar-refractivity contribution < 1.29 is 23.5 Å². The summed E-state index contributed by atoms with van der Waals surface area (Å²) in [6.07, 6.45) is 4.22. The van der Waals surface area contributed by atoms with E-state index >= 15 is 0 Å². The molecule has 0 saturated heterocycles. The maximum atomic E-state index is 13.0. The van der Waals surface area contributed by atoms with Crippen LogP contribution in [0.1, 0.15) is 16.8 Å². The van der Waals surface area contributed by atoms with Gasteiger partial charge in [0.25, 0.3) is 5.91 Å². The van der Waals surface area contributed by atoms with E-state index < -0.39 is 23.4 Å². The monoisotopic (exact) mass is 310 g/mol. The molecule has 0 aromatic heterocycles. The summed E-state index contributed by atoms with van der Waals surface area (Å²) in [4.78, 5) is 23.4. The lowest BCUT2D eigenvalue weighted by molar-refractivity contribution is -0.120. The van der Waals surface area contributed by atoms with E-state index in [1.807, 2.05) is 6.08 Å². The van der Waals surface area contributed by atoms with Gasteiger partial charge in [0.2, 0.25) is 5.91 Å². The Balaban J connectivity index is 1.79. The number of rotatable bonds is 5. The van der Waals surface area contributed by atoms with Crippen molar-refractivity contribution in [1.29, 1.82) is 0 Å². The molecule has 22 heavy (non-hydrogen) atoms. The van der Waals surface area contributed by atoms with Crippen LogP contribution in [0, 0.1) is 17.6 Å². The van der Waals surface area contributed by atoms with Crippen LogP contribution in [0.25, 0.3) is 0 Å². The van der Waals surface area contributed by atoms with Crippen molar-refractivity contribution in [3.8, 4) is 0 Å². The van der Waals surface area contributed by atoms with Crippen molar-refractivity contribution in [2.45, 2.75) is 12.5 Å². The normalized spacial score (nSPS) is 20.0. The van der Waals surface area contributed by atoms with Gasteiger partial charge in [-0.1, -0.05) is 12.2 Å². The fraction of sp³-hybridized carbons (Fsp3) is 0.333. The van der Waals surface area contributed by atoms with Gasteiger partial charge in [-0.05, 0) is 24.6 Å². The van der Waals surface area contributed by atoms with Gasteiger partial charge in [0.1, 0.15) is 0 Å². The minimum atomic E-state index is -1.12. The Labute approximate surface area is 126 Å². The van der Waals surface area contributed by atoms with Gasteiger partial charge in [0.15, 0.2) is 11.6 Å². The Morgan fingerprint density at radius 3 is 2.64 bits per heavy atom. The third-order valence-corrected chi connectivity index (χ3v) is 3.34. The molecule has 1 aliphatic carbocycles. The highest BCUT2D eigenvalue weighted by atomic mass is 19.2. The fourth-order valence-electron chi connectivity index (χ4n) is 2.17. The number of nitrogens with one attached hydrogen (secondary N) is 2. The Morgan fingerprint density at radius 1 is 1.23 bits per heavy atom. The molecule has 0 bridgehead atoms. The van der Waals surface area contributed by atoms with Crippen molar-refractivity contribution in [3.63, 3.8) is 0 Å². The van der Waals surface area contributed by atoms with Crippen LogP contribution in [-0.2, 0) is 4.79 Å². The number of hydrogen-bond acceptors (Lipinski definition) is 3. The molecule has 0 unspecified atom stereocenters. The summed E-state index contributed by atoms with van der Waals surface area (Å²) in [5.74, 6) is -3.19. The minimum Gasteiger partial charge on any atom is -0.396 e. The molecule has 1 aliphatic rings. The van der Waals surface area contributed by atoms with Gasteiger partial charge in [0.05, 0.1) is 6.54 Å². The molecular formula is C15H16F2N2O3. The third-order valence-electron chi connectivity index (χ3n) is 3.34. The Hall–Kier alpha value is -2.28. The minimum absolute atomic E-state index is 0.0235. The molecule has 1 aromatic rings. The Morgan fingerprint density at radius 2 is 2.00 bits per heavy atom. The molecule has 3 N–H and O–H groups in total. The first-order valence-electron chi connectivity index (χ1n) is 6.81.